The van der Waals surface area contributed by atoms with Crippen LogP contribution in [0.15, 0.2) is 84.9 Å². The molecule has 0 saturated carbocycles. The first-order valence-corrected chi connectivity index (χ1v) is 13.1. The lowest BCUT2D eigenvalue weighted by Gasteiger charge is -2.41. The molecule has 0 radical (unpaired) electrons. The van der Waals surface area contributed by atoms with Gasteiger partial charge in [-0.1, -0.05) is 72.8 Å². The third kappa shape index (κ3) is 2.16. The maximum Gasteiger partial charge on any atom is 0.00958 e. The Hall–Kier alpha value is -3.38. The molecular weight excluding hydrogens is 408 g/mol. The lowest BCUT2D eigenvalue weighted by molar-refractivity contribution is 0.520. The highest BCUT2D eigenvalue weighted by molar-refractivity contribution is 6.00. The maximum absolute atomic E-state index is 2.54. The molecule has 4 atom stereocenters. The van der Waals surface area contributed by atoms with Crippen LogP contribution < -0.4 is 0 Å². The van der Waals surface area contributed by atoms with Gasteiger partial charge in [0, 0.05) is 23.7 Å². The Labute approximate surface area is 200 Å². The molecule has 5 aromatic rings. The fourth-order valence-electron chi connectivity index (χ4n) is 8.25. The molecule has 0 saturated heterocycles. The second kappa shape index (κ2) is 6.19. The summed E-state index contributed by atoms with van der Waals surface area (Å²) in [5, 5.41) is 5.66. The van der Waals surface area contributed by atoms with Gasteiger partial charge in [-0.05, 0) is 104 Å². The van der Waals surface area contributed by atoms with Gasteiger partial charge >= 0.3 is 0 Å². The monoisotopic (exact) mass is 434 g/mol. The van der Waals surface area contributed by atoms with Crippen molar-refractivity contribution in [1.82, 2.24) is 0 Å². The second-order valence-electron chi connectivity index (χ2n) is 11.1. The standard InChI is InChI=1S/C34H26/c1-2-6-24-23(5-1)27-9-10-28(24)32-16-20-14-22-18-34-30-12-11-29(25-7-3-4-8-26(25)30)33(34)17-21(22)13-19(20)15-31(27)32/h1-8,13-18,27-30H,9-12H2. The van der Waals surface area contributed by atoms with E-state index in [9.17, 15) is 0 Å². The summed E-state index contributed by atoms with van der Waals surface area (Å²) in [5.41, 5.74) is 12.7. The van der Waals surface area contributed by atoms with E-state index in [4.69, 9.17) is 0 Å². The second-order valence-corrected chi connectivity index (χ2v) is 11.1. The minimum Gasteiger partial charge on any atom is -0.0620 e. The summed E-state index contributed by atoms with van der Waals surface area (Å²) in [4.78, 5) is 0. The van der Waals surface area contributed by atoms with E-state index in [-0.39, 0.29) is 0 Å². The van der Waals surface area contributed by atoms with E-state index in [1.807, 2.05) is 0 Å². The van der Waals surface area contributed by atoms with Gasteiger partial charge in [-0.15, -0.1) is 0 Å². The molecule has 11 rings (SSSR count). The third-order valence-electron chi connectivity index (χ3n) is 9.68. The first-order valence-electron chi connectivity index (χ1n) is 13.1. The minimum atomic E-state index is 0.576. The molecule has 6 aliphatic rings. The van der Waals surface area contributed by atoms with Gasteiger partial charge in [0.2, 0.25) is 0 Å². The van der Waals surface area contributed by atoms with Crippen LogP contribution in [0, 0.1) is 0 Å². The van der Waals surface area contributed by atoms with Crippen LogP contribution in [0.25, 0.3) is 21.5 Å². The van der Waals surface area contributed by atoms with E-state index in [1.54, 1.807) is 44.5 Å². The van der Waals surface area contributed by atoms with Crippen molar-refractivity contribution in [3.63, 3.8) is 0 Å². The summed E-state index contributed by atoms with van der Waals surface area (Å²) in [5.74, 6) is 2.30. The topological polar surface area (TPSA) is 0 Å². The van der Waals surface area contributed by atoms with Gasteiger partial charge in [-0.3, -0.25) is 0 Å². The van der Waals surface area contributed by atoms with Crippen molar-refractivity contribution < 1.29 is 0 Å². The first-order chi connectivity index (χ1) is 16.8. The van der Waals surface area contributed by atoms with Crippen molar-refractivity contribution in [2.45, 2.75) is 49.4 Å². The first kappa shape index (κ1) is 18.0. The summed E-state index contributed by atoms with van der Waals surface area (Å²) in [6, 6.07) is 33.5. The average molecular weight is 435 g/mol. The molecule has 0 amide bonds. The molecule has 0 fully saturated rings. The molecule has 6 aliphatic carbocycles. The molecule has 0 spiro atoms. The zero-order valence-corrected chi connectivity index (χ0v) is 19.2. The van der Waals surface area contributed by atoms with Crippen LogP contribution in [0.4, 0.5) is 0 Å². The molecule has 5 aromatic carbocycles. The Bertz CT molecular complexity index is 1440. The number of fused-ring (bicyclic) bond motifs is 4. The molecular formula is C34H26. The van der Waals surface area contributed by atoms with Crippen LogP contribution in [-0.4, -0.2) is 0 Å². The van der Waals surface area contributed by atoms with Gasteiger partial charge < -0.3 is 0 Å². The van der Waals surface area contributed by atoms with E-state index in [0.29, 0.717) is 23.7 Å². The zero-order valence-electron chi connectivity index (χ0n) is 19.2. The molecule has 0 nitrogen and oxygen atoms in total. The lowest BCUT2D eigenvalue weighted by atomic mass is 9.63. The zero-order chi connectivity index (χ0) is 22.0. The predicted molar refractivity (Wildman–Crippen MR) is 140 cm³/mol. The van der Waals surface area contributed by atoms with Gasteiger partial charge in [-0.2, -0.15) is 0 Å². The Morgan fingerprint density at radius 2 is 0.588 bits per heavy atom. The van der Waals surface area contributed by atoms with Gasteiger partial charge in [0.15, 0.2) is 0 Å². The molecule has 34 heavy (non-hydrogen) atoms. The summed E-state index contributed by atoms with van der Waals surface area (Å²) in [6.45, 7) is 0. The van der Waals surface area contributed by atoms with Crippen LogP contribution in [0.1, 0.15) is 93.9 Å². The van der Waals surface area contributed by atoms with Crippen molar-refractivity contribution in [2.75, 3.05) is 0 Å². The minimum absolute atomic E-state index is 0.576. The number of hydrogen-bond donors (Lipinski definition) is 0. The van der Waals surface area contributed by atoms with Gasteiger partial charge in [0.1, 0.15) is 0 Å². The fourth-order valence-corrected chi connectivity index (χ4v) is 8.25. The van der Waals surface area contributed by atoms with Crippen LogP contribution in [0.5, 0.6) is 0 Å². The Kier molecular flexibility index (Phi) is 3.28. The average Bonchev–Trinajstić information content (AvgIpc) is 2.90. The highest BCUT2D eigenvalue weighted by Crippen LogP contribution is 2.55. The summed E-state index contributed by atoms with van der Waals surface area (Å²) in [6.07, 6.45) is 5.18. The van der Waals surface area contributed by atoms with Crippen LogP contribution in [0.2, 0.25) is 0 Å². The van der Waals surface area contributed by atoms with Crippen molar-refractivity contribution in [1.29, 1.82) is 0 Å². The molecule has 0 N–H and O–H groups in total. The van der Waals surface area contributed by atoms with Gasteiger partial charge in [0.05, 0.1) is 0 Å². The van der Waals surface area contributed by atoms with Crippen molar-refractivity contribution in [3.8, 4) is 0 Å². The van der Waals surface area contributed by atoms with E-state index in [2.05, 4.69) is 84.9 Å². The Balaban J connectivity index is 1.26. The van der Waals surface area contributed by atoms with Gasteiger partial charge in [0.25, 0.3) is 0 Å². The summed E-state index contributed by atoms with van der Waals surface area (Å²) in [7, 11) is 0. The SMILES string of the molecule is c1ccc2c(c1)C1CCC2c2cc3cc4cc5c(cc4cc3cc21)C1CCC5c2ccccc21. The molecule has 0 heterocycles. The molecule has 0 aromatic heterocycles. The number of hydrogen-bond acceptors (Lipinski definition) is 0. The normalized spacial score (nSPS) is 25.2. The number of rotatable bonds is 0. The van der Waals surface area contributed by atoms with Crippen molar-refractivity contribution in [3.05, 3.63) is 129 Å². The van der Waals surface area contributed by atoms with Crippen LogP contribution in [-0.2, 0) is 0 Å². The Morgan fingerprint density at radius 3 is 0.853 bits per heavy atom. The van der Waals surface area contributed by atoms with Crippen molar-refractivity contribution >= 4 is 21.5 Å². The lowest BCUT2D eigenvalue weighted by Crippen LogP contribution is -2.24. The van der Waals surface area contributed by atoms with E-state index in [0.717, 1.165) is 0 Å². The highest BCUT2D eigenvalue weighted by atomic mass is 14.4. The largest absolute Gasteiger partial charge is 0.0620 e. The van der Waals surface area contributed by atoms with Gasteiger partial charge in [-0.25, -0.2) is 0 Å². The highest BCUT2D eigenvalue weighted by Gasteiger charge is 2.38. The maximum atomic E-state index is 2.54. The molecule has 0 aliphatic heterocycles. The van der Waals surface area contributed by atoms with E-state index >= 15 is 0 Å². The molecule has 0 heteroatoms. The van der Waals surface area contributed by atoms with Crippen LogP contribution >= 0.6 is 0 Å². The smallest absolute Gasteiger partial charge is 0.00958 e. The quantitative estimate of drug-likeness (QED) is 0.214. The Morgan fingerprint density at radius 1 is 0.324 bits per heavy atom. The molecule has 4 unspecified atom stereocenters. The third-order valence-corrected chi connectivity index (χ3v) is 9.68. The van der Waals surface area contributed by atoms with Crippen molar-refractivity contribution in [2.24, 2.45) is 0 Å². The number of benzene rings is 5. The summed E-state index contributed by atoms with van der Waals surface area (Å²) < 4.78 is 0. The fraction of sp³-hybridized carbons (Fsp3) is 0.235. The summed E-state index contributed by atoms with van der Waals surface area (Å²) >= 11 is 0. The van der Waals surface area contributed by atoms with E-state index in [1.165, 1.54) is 47.2 Å². The predicted octanol–water partition coefficient (Wildman–Crippen LogP) is 8.74. The van der Waals surface area contributed by atoms with E-state index < -0.39 is 0 Å². The molecule has 4 bridgehead atoms. The van der Waals surface area contributed by atoms with Crippen LogP contribution in [0.3, 0.4) is 0 Å². The molecule has 162 valence electrons.